The Balaban J connectivity index is 2.38. The highest BCUT2D eigenvalue weighted by Gasteiger charge is 2.27. The molecule has 0 heterocycles. The van der Waals surface area contributed by atoms with Crippen molar-refractivity contribution in [2.75, 3.05) is 25.6 Å². The van der Waals surface area contributed by atoms with Gasteiger partial charge in [0.15, 0.2) is 0 Å². The molecule has 0 atom stereocenters. The first-order chi connectivity index (χ1) is 8.81. The molecule has 0 aliphatic rings. The summed E-state index contributed by atoms with van der Waals surface area (Å²) in [5.74, 6) is -0.685. The van der Waals surface area contributed by atoms with Gasteiger partial charge < -0.3 is 15.2 Å². The number of anilines is 1. The molecule has 0 spiro atoms. The van der Waals surface area contributed by atoms with E-state index in [0.29, 0.717) is 10.2 Å². The molecule has 1 aromatic carbocycles. The van der Waals surface area contributed by atoms with Gasteiger partial charge in [0.1, 0.15) is 13.2 Å². The number of nitrogens with two attached hydrogens (primary N) is 1. The van der Waals surface area contributed by atoms with E-state index in [0.717, 1.165) is 0 Å². The van der Waals surface area contributed by atoms with Crippen LogP contribution in [-0.4, -0.2) is 32.0 Å². The van der Waals surface area contributed by atoms with Crippen LogP contribution in [0.25, 0.3) is 0 Å². The second-order valence-corrected chi connectivity index (χ2v) is 4.31. The lowest BCUT2D eigenvalue weighted by atomic mass is 10.2. The minimum atomic E-state index is -4.39. The largest absolute Gasteiger partial charge is 0.460 e. The first-order valence-corrected chi connectivity index (χ1v) is 5.96. The Hall–Kier alpha value is -1.28. The Morgan fingerprint density at radius 2 is 2.00 bits per heavy atom. The molecular weight excluding hydrogens is 331 g/mol. The molecule has 0 unspecified atom stereocenters. The SMILES string of the molecule is Nc1cccc(C(=O)OCCOCC(F)(F)F)c1Br. The van der Waals surface area contributed by atoms with Crippen molar-refractivity contribution in [2.24, 2.45) is 0 Å². The number of alkyl halides is 3. The van der Waals surface area contributed by atoms with Crippen LogP contribution < -0.4 is 5.73 Å². The van der Waals surface area contributed by atoms with Gasteiger partial charge in [0.2, 0.25) is 0 Å². The quantitative estimate of drug-likeness (QED) is 0.508. The summed E-state index contributed by atoms with van der Waals surface area (Å²) in [6.45, 7) is -1.96. The molecule has 0 amide bonds. The monoisotopic (exact) mass is 341 g/mol. The van der Waals surface area contributed by atoms with Gasteiger partial charge in [-0.2, -0.15) is 13.2 Å². The molecule has 4 nitrogen and oxygen atoms in total. The summed E-state index contributed by atoms with van der Waals surface area (Å²) in [5, 5.41) is 0. The van der Waals surface area contributed by atoms with Crippen LogP contribution in [0, 0.1) is 0 Å². The fraction of sp³-hybridized carbons (Fsp3) is 0.364. The summed E-state index contributed by atoms with van der Waals surface area (Å²) in [6.07, 6.45) is -4.39. The van der Waals surface area contributed by atoms with Crippen molar-refractivity contribution in [3.05, 3.63) is 28.2 Å². The lowest BCUT2D eigenvalue weighted by Gasteiger charge is -2.09. The molecule has 1 aromatic rings. The molecule has 0 saturated heterocycles. The van der Waals surface area contributed by atoms with E-state index in [1.165, 1.54) is 6.07 Å². The van der Waals surface area contributed by atoms with Gasteiger partial charge in [-0.3, -0.25) is 0 Å². The Labute approximate surface area is 115 Å². The van der Waals surface area contributed by atoms with E-state index in [1.54, 1.807) is 12.1 Å². The smallest absolute Gasteiger partial charge is 0.411 e. The van der Waals surface area contributed by atoms with E-state index in [-0.39, 0.29) is 18.8 Å². The number of nitrogen functional groups attached to an aromatic ring is 1. The lowest BCUT2D eigenvalue weighted by Crippen LogP contribution is -2.19. The summed E-state index contributed by atoms with van der Waals surface area (Å²) in [4.78, 5) is 11.6. The number of hydrogen-bond donors (Lipinski definition) is 1. The normalized spacial score (nSPS) is 11.4. The van der Waals surface area contributed by atoms with E-state index in [4.69, 9.17) is 10.5 Å². The molecule has 2 N–H and O–H groups in total. The summed E-state index contributed by atoms with van der Waals surface area (Å²) in [6, 6.07) is 4.64. The second-order valence-electron chi connectivity index (χ2n) is 3.51. The standard InChI is InChI=1S/C11H11BrF3NO3/c12-9-7(2-1-3-8(9)16)10(17)19-5-4-18-6-11(13,14)15/h1-3H,4-6,16H2. The van der Waals surface area contributed by atoms with Crippen LogP contribution >= 0.6 is 15.9 Å². The highest BCUT2D eigenvalue weighted by atomic mass is 79.9. The van der Waals surface area contributed by atoms with Crippen LogP contribution in [0.3, 0.4) is 0 Å². The highest BCUT2D eigenvalue weighted by Crippen LogP contribution is 2.24. The maximum atomic E-state index is 11.8. The van der Waals surface area contributed by atoms with Crippen LogP contribution in [0.15, 0.2) is 22.7 Å². The molecule has 0 saturated carbocycles. The van der Waals surface area contributed by atoms with Gasteiger partial charge in [0, 0.05) is 5.69 Å². The average Bonchev–Trinajstić information content (AvgIpc) is 2.30. The molecule has 0 aliphatic carbocycles. The van der Waals surface area contributed by atoms with Gasteiger partial charge in [0.25, 0.3) is 0 Å². The van der Waals surface area contributed by atoms with Gasteiger partial charge in [-0.15, -0.1) is 0 Å². The third kappa shape index (κ3) is 5.48. The minimum Gasteiger partial charge on any atom is -0.460 e. The fourth-order valence-electron chi connectivity index (χ4n) is 1.17. The van der Waals surface area contributed by atoms with Gasteiger partial charge >= 0.3 is 12.1 Å². The number of esters is 1. The number of carbonyl (C=O) groups excluding carboxylic acids is 1. The zero-order valence-corrected chi connectivity index (χ0v) is 11.3. The first kappa shape index (κ1) is 15.8. The first-order valence-electron chi connectivity index (χ1n) is 5.17. The zero-order chi connectivity index (χ0) is 14.5. The topological polar surface area (TPSA) is 61.6 Å². The fourth-order valence-corrected chi connectivity index (χ4v) is 1.59. The van der Waals surface area contributed by atoms with Crippen LogP contribution in [-0.2, 0) is 9.47 Å². The molecule has 106 valence electrons. The molecule has 0 fully saturated rings. The van der Waals surface area contributed by atoms with Gasteiger partial charge in [-0.1, -0.05) is 6.07 Å². The number of benzene rings is 1. The third-order valence-corrected chi connectivity index (χ3v) is 2.86. The molecule has 1 rings (SSSR count). The molecule has 19 heavy (non-hydrogen) atoms. The van der Waals surface area contributed by atoms with E-state index in [9.17, 15) is 18.0 Å². The average molecular weight is 342 g/mol. The number of halogens is 4. The molecule has 0 aliphatic heterocycles. The second kappa shape index (κ2) is 6.76. The minimum absolute atomic E-state index is 0.204. The van der Waals surface area contributed by atoms with Gasteiger partial charge in [-0.25, -0.2) is 4.79 Å². The summed E-state index contributed by atoms with van der Waals surface area (Å²) in [5.41, 5.74) is 6.15. The van der Waals surface area contributed by atoms with E-state index < -0.39 is 18.8 Å². The van der Waals surface area contributed by atoms with Crippen LogP contribution in [0.4, 0.5) is 18.9 Å². The molecule has 8 heteroatoms. The maximum absolute atomic E-state index is 11.8. The predicted molar refractivity (Wildman–Crippen MR) is 65.7 cm³/mol. The number of rotatable bonds is 5. The number of carbonyl (C=O) groups is 1. The Kier molecular flexibility index (Phi) is 5.61. The van der Waals surface area contributed by atoms with Crippen molar-refractivity contribution in [1.82, 2.24) is 0 Å². The van der Waals surface area contributed by atoms with Crippen LogP contribution in [0.2, 0.25) is 0 Å². The third-order valence-electron chi connectivity index (χ3n) is 1.98. The zero-order valence-electron chi connectivity index (χ0n) is 9.67. The Morgan fingerprint density at radius 3 is 2.63 bits per heavy atom. The molecular formula is C11H11BrF3NO3. The Morgan fingerprint density at radius 1 is 1.32 bits per heavy atom. The van der Waals surface area contributed by atoms with Crippen molar-refractivity contribution in [3.63, 3.8) is 0 Å². The van der Waals surface area contributed by atoms with Gasteiger partial charge in [-0.05, 0) is 28.1 Å². The molecule has 0 radical (unpaired) electrons. The van der Waals surface area contributed by atoms with Crippen molar-refractivity contribution in [2.45, 2.75) is 6.18 Å². The van der Waals surface area contributed by atoms with Crippen molar-refractivity contribution in [1.29, 1.82) is 0 Å². The number of ether oxygens (including phenoxy) is 2. The predicted octanol–water partition coefficient (Wildman–Crippen LogP) is 2.77. The summed E-state index contributed by atoms with van der Waals surface area (Å²) < 4.78 is 44.7. The van der Waals surface area contributed by atoms with Crippen LogP contribution in [0.5, 0.6) is 0 Å². The number of hydrogen-bond acceptors (Lipinski definition) is 4. The van der Waals surface area contributed by atoms with Crippen LogP contribution in [0.1, 0.15) is 10.4 Å². The molecule has 0 aromatic heterocycles. The van der Waals surface area contributed by atoms with Gasteiger partial charge in [0.05, 0.1) is 16.6 Å². The van der Waals surface area contributed by atoms with E-state index in [2.05, 4.69) is 20.7 Å². The van der Waals surface area contributed by atoms with E-state index in [1.807, 2.05) is 0 Å². The molecule has 0 bridgehead atoms. The van der Waals surface area contributed by atoms with Crippen molar-refractivity contribution < 1.29 is 27.4 Å². The lowest BCUT2D eigenvalue weighted by molar-refractivity contribution is -0.175. The van der Waals surface area contributed by atoms with Crippen molar-refractivity contribution in [3.8, 4) is 0 Å². The maximum Gasteiger partial charge on any atom is 0.411 e. The van der Waals surface area contributed by atoms with E-state index >= 15 is 0 Å². The van der Waals surface area contributed by atoms with Crippen molar-refractivity contribution >= 4 is 27.6 Å². The summed E-state index contributed by atoms with van der Waals surface area (Å²) >= 11 is 3.12. The highest BCUT2D eigenvalue weighted by molar-refractivity contribution is 9.10. The Bertz CT molecular complexity index is 451. The summed E-state index contributed by atoms with van der Waals surface area (Å²) in [7, 11) is 0.